The van der Waals surface area contributed by atoms with Gasteiger partial charge in [-0.3, -0.25) is 4.79 Å². The first-order valence-corrected chi connectivity index (χ1v) is 10.8. The number of carbonyl (C=O) groups excluding carboxylic acids is 1. The molecule has 30 heavy (non-hydrogen) atoms. The lowest BCUT2D eigenvalue weighted by atomic mass is 10.1. The maximum absolute atomic E-state index is 12.5. The van der Waals surface area contributed by atoms with Crippen molar-refractivity contribution in [1.82, 2.24) is 24.6 Å². The zero-order valence-corrected chi connectivity index (χ0v) is 18.5. The van der Waals surface area contributed by atoms with Crippen LogP contribution in [0.15, 0.2) is 30.7 Å². The molecule has 0 saturated carbocycles. The van der Waals surface area contributed by atoms with E-state index < -0.39 is 0 Å². The topological polar surface area (TPSA) is 85.1 Å². The minimum atomic E-state index is -0.0815. The van der Waals surface area contributed by atoms with Gasteiger partial charge in [0.1, 0.15) is 6.33 Å². The van der Waals surface area contributed by atoms with Crippen LogP contribution in [0.25, 0.3) is 5.78 Å². The van der Waals surface area contributed by atoms with Crippen LogP contribution in [0.5, 0.6) is 0 Å². The van der Waals surface area contributed by atoms with Gasteiger partial charge in [-0.1, -0.05) is 29.8 Å². The number of hydrogen-bond donors (Lipinski definition) is 1. The molecule has 0 fully saturated rings. The summed E-state index contributed by atoms with van der Waals surface area (Å²) in [5, 5.41) is 8.46. The van der Waals surface area contributed by atoms with Crippen molar-refractivity contribution < 1.29 is 4.79 Å². The Balaban J connectivity index is 1.39. The highest BCUT2D eigenvalue weighted by atomic mass is 35.5. The summed E-state index contributed by atoms with van der Waals surface area (Å²) in [5.74, 6) is 0.490. The van der Waals surface area contributed by atoms with E-state index in [0.29, 0.717) is 30.2 Å². The van der Waals surface area contributed by atoms with Crippen LogP contribution < -0.4 is 5.32 Å². The summed E-state index contributed by atoms with van der Waals surface area (Å²) in [5.41, 5.74) is 4.94. The summed E-state index contributed by atoms with van der Waals surface area (Å²) in [6.07, 6.45) is 4.87. The number of nitrogens with one attached hydrogen (secondary N) is 1. The summed E-state index contributed by atoms with van der Waals surface area (Å²) < 4.78 is 1.70. The van der Waals surface area contributed by atoms with Crippen LogP contribution in [0.2, 0.25) is 5.02 Å². The first-order valence-electron chi connectivity index (χ1n) is 9.56. The number of amides is 1. The molecule has 3 heterocycles. The highest BCUT2D eigenvalue weighted by Gasteiger charge is 2.14. The van der Waals surface area contributed by atoms with Crippen LogP contribution in [-0.4, -0.2) is 30.5 Å². The van der Waals surface area contributed by atoms with Crippen LogP contribution in [-0.2, 0) is 17.6 Å². The molecule has 4 rings (SSSR count). The number of benzene rings is 1. The molecule has 0 atom stereocenters. The van der Waals surface area contributed by atoms with E-state index in [1.165, 1.54) is 17.7 Å². The summed E-state index contributed by atoms with van der Waals surface area (Å²) >= 11 is 7.85. The third-order valence-electron chi connectivity index (χ3n) is 5.03. The highest BCUT2D eigenvalue weighted by Crippen LogP contribution is 2.27. The van der Waals surface area contributed by atoms with Crippen molar-refractivity contribution >= 4 is 39.8 Å². The Labute approximate surface area is 183 Å². The van der Waals surface area contributed by atoms with E-state index in [4.69, 9.17) is 11.6 Å². The molecule has 7 nitrogen and oxygen atoms in total. The Morgan fingerprint density at radius 3 is 2.90 bits per heavy atom. The van der Waals surface area contributed by atoms with Crippen LogP contribution >= 0.6 is 22.9 Å². The first kappa shape index (κ1) is 20.4. The molecule has 154 valence electrons. The van der Waals surface area contributed by atoms with Gasteiger partial charge in [0.25, 0.3) is 5.78 Å². The van der Waals surface area contributed by atoms with E-state index in [2.05, 4.69) is 25.4 Å². The lowest BCUT2D eigenvalue weighted by molar-refractivity contribution is -0.116. The number of fused-ring (bicyclic) bond motifs is 1. The van der Waals surface area contributed by atoms with E-state index in [1.807, 2.05) is 39.0 Å². The molecule has 0 spiro atoms. The molecule has 0 aliphatic carbocycles. The fraction of sp³-hybridized carbons (Fsp3) is 0.286. The van der Waals surface area contributed by atoms with Gasteiger partial charge in [-0.05, 0) is 43.9 Å². The zero-order chi connectivity index (χ0) is 21.3. The second-order valence-corrected chi connectivity index (χ2v) is 8.63. The third-order valence-corrected chi connectivity index (χ3v) is 6.48. The minimum Gasteiger partial charge on any atom is -0.302 e. The first-order chi connectivity index (χ1) is 14.4. The fourth-order valence-corrected chi connectivity index (χ4v) is 4.46. The van der Waals surface area contributed by atoms with E-state index in [1.54, 1.807) is 10.7 Å². The highest BCUT2D eigenvalue weighted by molar-refractivity contribution is 7.15. The Morgan fingerprint density at radius 1 is 1.23 bits per heavy atom. The van der Waals surface area contributed by atoms with E-state index in [9.17, 15) is 4.79 Å². The third kappa shape index (κ3) is 4.20. The number of nitrogens with zero attached hydrogens (tertiary/aromatic N) is 5. The number of anilines is 1. The van der Waals surface area contributed by atoms with Crippen molar-refractivity contribution in [3.63, 3.8) is 0 Å². The number of halogens is 1. The van der Waals surface area contributed by atoms with Crippen molar-refractivity contribution in [2.24, 2.45) is 0 Å². The molecule has 0 unspecified atom stereocenters. The Kier molecular flexibility index (Phi) is 5.78. The standard InChI is InChI=1S/C21H21ClN6OS/c1-12-5-4-6-15(19(12)22)9-16-10-23-21(30-16)27-18(29)8-7-17-13(2)26-20-24-11-25-28(20)14(17)3/h4-6,10-11H,7-9H2,1-3H3,(H,23,27,29). The minimum absolute atomic E-state index is 0.0815. The number of rotatable bonds is 6. The second-order valence-electron chi connectivity index (χ2n) is 7.14. The quantitative estimate of drug-likeness (QED) is 0.482. The van der Waals surface area contributed by atoms with E-state index >= 15 is 0 Å². The largest absolute Gasteiger partial charge is 0.302 e. The summed E-state index contributed by atoms with van der Waals surface area (Å²) in [7, 11) is 0. The maximum Gasteiger partial charge on any atom is 0.252 e. The molecule has 0 aliphatic rings. The molecule has 1 N–H and O–H groups in total. The van der Waals surface area contributed by atoms with E-state index in [0.717, 1.165) is 38.0 Å². The Hall–Kier alpha value is -2.84. The molecule has 3 aromatic heterocycles. The number of thiazole rings is 1. The number of hydrogen-bond acceptors (Lipinski definition) is 6. The Bertz CT molecular complexity index is 1230. The van der Waals surface area contributed by atoms with Gasteiger partial charge < -0.3 is 5.32 Å². The van der Waals surface area contributed by atoms with Crippen LogP contribution in [0.3, 0.4) is 0 Å². The van der Waals surface area contributed by atoms with Crippen molar-refractivity contribution in [2.75, 3.05) is 5.32 Å². The SMILES string of the molecule is Cc1cccc(Cc2cnc(NC(=O)CCc3c(C)nc4ncnn4c3C)s2)c1Cl. The zero-order valence-electron chi connectivity index (χ0n) is 16.9. The second kappa shape index (κ2) is 8.49. The van der Waals surface area contributed by atoms with Gasteiger partial charge in [0.05, 0.1) is 0 Å². The van der Waals surface area contributed by atoms with Gasteiger partial charge in [0, 0.05) is 40.3 Å². The summed E-state index contributed by atoms with van der Waals surface area (Å²) in [6.45, 7) is 5.88. The van der Waals surface area contributed by atoms with Gasteiger partial charge >= 0.3 is 0 Å². The molecule has 0 aliphatic heterocycles. The summed E-state index contributed by atoms with van der Waals surface area (Å²) in [6, 6.07) is 6.00. The number of aromatic nitrogens is 5. The number of carbonyl (C=O) groups is 1. The van der Waals surface area contributed by atoms with Gasteiger partial charge in [-0.2, -0.15) is 10.1 Å². The summed E-state index contributed by atoms with van der Waals surface area (Å²) in [4.78, 5) is 26.4. The number of aryl methyl sites for hydroxylation is 3. The molecular formula is C21H21ClN6OS. The van der Waals surface area contributed by atoms with Crippen LogP contribution in [0.1, 0.15) is 39.4 Å². The average Bonchev–Trinajstić information content (AvgIpc) is 3.34. The normalized spacial score (nSPS) is 11.2. The van der Waals surface area contributed by atoms with Crippen LogP contribution in [0.4, 0.5) is 5.13 Å². The Morgan fingerprint density at radius 2 is 2.07 bits per heavy atom. The van der Waals surface area contributed by atoms with Crippen LogP contribution in [0, 0.1) is 20.8 Å². The average molecular weight is 441 g/mol. The van der Waals surface area contributed by atoms with E-state index in [-0.39, 0.29) is 5.91 Å². The van der Waals surface area contributed by atoms with Gasteiger partial charge in [-0.15, -0.1) is 11.3 Å². The lowest BCUT2D eigenvalue weighted by Crippen LogP contribution is -2.14. The van der Waals surface area contributed by atoms with Gasteiger partial charge in [0.2, 0.25) is 5.91 Å². The smallest absolute Gasteiger partial charge is 0.252 e. The predicted octanol–water partition coefficient (Wildman–Crippen LogP) is 4.32. The van der Waals surface area contributed by atoms with Crippen molar-refractivity contribution in [2.45, 2.75) is 40.0 Å². The molecule has 0 radical (unpaired) electrons. The van der Waals surface area contributed by atoms with Gasteiger partial charge in [0.15, 0.2) is 5.13 Å². The molecule has 1 aromatic carbocycles. The van der Waals surface area contributed by atoms with Gasteiger partial charge in [-0.25, -0.2) is 14.5 Å². The molecule has 4 aromatic rings. The van der Waals surface area contributed by atoms with Crippen molar-refractivity contribution in [3.8, 4) is 0 Å². The fourth-order valence-electron chi connectivity index (χ4n) is 3.42. The lowest BCUT2D eigenvalue weighted by Gasteiger charge is -2.10. The monoisotopic (exact) mass is 440 g/mol. The molecule has 9 heteroatoms. The predicted molar refractivity (Wildman–Crippen MR) is 118 cm³/mol. The molecule has 0 saturated heterocycles. The maximum atomic E-state index is 12.5. The van der Waals surface area contributed by atoms with Crippen molar-refractivity contribution in [1.29, 1.82) is 0 Å². The van der Waals surface area contributed by atoms with Crippen molar-refractivity contribution in [3.05, 3.63) is 68.7 Å². The molecule has 0 bridgehead atoms. The molecular weight excluding hydrogens is 420 g/mol. The molecule has 1 amide bonds.